The number of hydrogen-bond donors (Lipinski definition) is 2. The summed E-state index contributed by atoms with van der Waals surface area (Å²) in [4.78, 5) is 0. The second-order valence-electron chi connectivity index (χ2n) is 3.20. The molecule has 0 aromatic heterocycles. The second-order valence-corrected chi connectivity index (χ2v) is 4.50. The van der Waals surface area contributed by atoms with E-state index in [0.29, 0.717) is 11.8 Å². The maximum absolute atomic E-state index is 10.4. The van der Waals surface area contributed by atoms with Crippen LogP contribution in [0.1, 0.15) is 5.56 Å². The van der Waals surface area contributed by atoms with Gasteiger partial charge in [-0.1, -0.05) is 36.4 Å². The summed E-state index contributed by atoms with van der Waals surface area (Å²) in [7, 11) is -4.07. The molecule has 3 N–H and O–H groups in total. The molecule has 0 bridgehead atoms. The predicted molar refractivity (Wildman–Crippen MR) is 58.8 cm³/mol. The molecule has 0 radical (unpaired) electrons. The smallest absolute Gasteiger partial charge is 0.287 e. The lowest BCUT2D eigenvalue weighted by Gasteiger charge is -2.05. The molecule has 5 heteroatoms. The molecule has 82 valence electrons. The van der Waals surface area contributed by atoms with Gasteiger partial charge in [0, 0.05) is 6.04 Å². The number of benzene rings is 1. The molecule has 1 aromatic carbocycles. The Morgan fingerprint density at radius 3 is 2.47 bits per heavy atom. The van der Waals surface area contributed by atoms with Crippen molar-refractivity contribution in [3.8, 4) is 0 Å². The molecule has 0 aliphatic rings. The molecule has 0 saturated carbocycles. The molecule has 0 unspecified atom stereocenters. The molecular formula is C10H13NO3S. The average molecular weight is 227 g/mol. The summed E-state index contributed by atoms with van der Waals surface area (Å²) >= 11 is 0. The third kappa shape index (κ3) is 5.31. The van der Waals surface area contributed by atoms with Crippen LogP contribution in [0, 0.1) is 0 Å². The summed E-state index contributed by atoms with van der Waals surface area (Å²) in [6.07, 6.45) is 1.80. The minimum Gasteiger partial charge on any atom is -0.324 e. The Labute approximate surface area is 89.2 Å². The van der Waals surface area contributed by atoms with Gasteiger partial charge in [0.1, 0.15) is 0 Å². The first-order valence-electron chi connectivity index (χ1n) is 4.42. The Bertz CT molecular complexity index is 425. The van der Waals surface area contributed by atoms with Crippen molar-refractivity contribution in [2.45, 2.75) is 12.5 Å². The van der Waals surface area contributed by atoms with Crippen LogP contribution in [0.3, 0.4) is 0 Å². The second kappa shape index (κ2) is 5.06. The van der Waals surface area contributed by atoms with E-state index in [2.05, 4.69) is 0 Å². The van der Waals surface area contributed by atoms with Crippen LogP contribution in [0.4, 0.5) is 0 Å². The maximum Gasteiger partial charge on any atom is 0.287 e. The van der Waals surface area contributed by atoms with E-state index in [9.17, 15) is 8.42 Å². The summed E-state index contributed by atoms with van der Waals surface area (Å²) < 4.78 is 29.3. The summed E-state index contributed by atoms with van der Waals surface area (Å²) in [5.74, 6) is 0. The molecule has 0 aliphatic carbocycles. The van der Waals surface area contributed by atoms with Gasteiger partial charge in [0.2, 0.25) is 0 Å². The fraction of sp³-hybridized carbons (Fsp3) is 0.200. The molecular weight excluding hydrogens is 214 g/mol. The summed E-state index contributed by atoms with van der Waals surface area (Å²) in [6, 6.07) is 9.04. The molecule has 0 spiro atoms. The first kappa shape index (κ1) is 11.9. The lowest BCUT2D eigenvalue weighted by Crippen LogP contribution is -2.20. The molecule has 1 aromatic rings. The van der Waals surface area contributed by atoms with Gasteiger partial charge in [0.25, 0.3) is 10.1 Å². The SMILES string of the molecule is N[C@H](C=CS(=O)(=O)O)Cc1ccccc1. The van der Waals surface area contributed by atoms with E-state index in [1.807, 2.05) is 30.3 Å². The first-order valence-corrected chi connectivity index (χ1v) is 5.93. The molecule has 0 aliphatic heterocycles. The van der Waals surface area contributed by atoms with Gasteiger partial charge in [-0.2, -0.15) is 8.42 Å². The van der Waals surface area contributed by atoms with Crippen molar-refractivity contribution in [3.05, 3.63) is 47.4 Å². The monoisotopic (exact) mass is 227 g/mol. The quantitative estimate of drug-likeness (QED) is 0.751. The van der Waals surface area contributed by atoms with Crippen LogP contribution in [-0.4, -0.2) is 19.0 Å². The van der Waals surface area contributed by atoms with Crippen LogP contribution in [-0.2, 0) is 16.5 Å². The van der Waals surface area contributed by atoms with Crippen molar-refractivity contribution >= 4 is 10.1 Å². The van der Waals surface area contributed by atoms with E-state index >= 15 is 0 Å². The van der Waals surface area contributed by atoms with Gasteiger partial charge in [-0.15, -0.1) is 0 Å². The fourth-order valence-corrected chi connectivity index (χ4v) is 1.55. The fourth-order valence-electron chi connectivity index (χ4n) is 1.15. The van der Waals surface area contributed by atoms with E-state index in [0.717, 1.165) is 5.56 Å². The molecule has 0 saturated heterocycles. The molecule has 15 heavy (non-hydrogen) atoms. The van der Waals surface area contributed by atoms with Crippen LogP contribution in [0.5, 0.6) is 0 Å². The van der Waals surface area contributed by atoms with Gasteiger partial charge in [0.15, 0.2) is 0 Å². The van der Waals surface area contributed by atoms with Crippen molar-refractivity contribution in [2.24, 2.45) is 5.73 Å². The maximum atomic E-state index is 10.4. The minimum absolute atomic E-state index is 0.422. The highest BCUT2D eigenvalue weighted by atomic mass is 32.2. The van der Waals surface area contributed by atoms with Gasteiger partial charge < -0.3 is 5.73 Å². The molecule has 1 atom stereocenters. The highest BCUT2D eigenvalue weighted by Gasteiger charge is 2.02. The highest BCUT2D eigenvalue weighted by molar-refractivity contribution is 7.88. The van der Waals surface area contributed by atoms with Crippen molar-refractivity contribution in [1.29, 1.82) is 0 Å². The number of nitrogens with two attached hydrogens (primary N) is 1. The van der Waals surface area contributed by atoms with E-state index < -0.39 is 16.2 Å². The molecule has 0 fully saturated rings. The zero-order chi connectivity index (χ0) is 11.3. The Kier molecular flexibility index (Phi) is 4.02. The minimum atomic E-state index is -4.07. The third-order valence-corrected chi connectivity index (χ3v) is 2.31. The van der Waals surface area contributed by atoms with Crippen LogP contribution >= 0.6 is 0 Å². The first-order chi connectivity index (χ1) is 6.97. The van der Waals surface area contributed by atoms with Crippen LogP contribution < -0.4 is 5.73 Å². The summed E-state index contributed by atoms with van der Waals surface area (Å²) in [5, 5.41) is 0.709. The third-order valence-electron chi connectivity index (χ3n) is 1.81. The number of hydrogen-bond acceptors (Lipinski definition) is 3. The standard InChI is InChI=1S/C10H13NO3S/c11-10(6-7-15(12,13)14)8-9-4-2-1-3-5-9/h1-7,10H,8,11H2,(H,12,13,14)/t10-/m1/s1. The molecule has 0 amide bonds. The van der Waals surface area contributed by atoms with Crippen LogP contribution in [0.25, 0.3) is 0 Å². The number of rotatable bonds is 4. The zero-order valence-corrected chi connectivity index (χ0v) is 8.89. The Morgan fingerprint density at radius 1 is 1.33 bits per heavy atom. The van der Waals surface area contributed by atoms with Gasteiger partial charge in [-0.3, -0.25) is 4.55 Å². The van der Waals surface area contributed by atoms with Gasteiger partial charge >= 0.3 is 0 Å². The molecule has 0 heterocycles. The van der Waals surface area contributed by atoms with Crippen molar-refractivity contribution in [3.63, 3.8) is 0 Å². The van der Waals surface area contributed by atoms with E-state index in [1.54, 1.807) is 0 Å². The Morgan fingerprint density at radius 2 is 1.93 bits per heavy atom. The summed E-state index contributed by atoms with van der Waals surface area (Å²) in [6.45, 7) is 0. The normalized spacial score (nSPS) is 14.3. The lowest BCUT2D eigenvalue weighted by atomic mass is 10.1. The van der Waals surface area contributed by atoms with Crippen LogP contribution in [0.15, 0.2) is 41.8 Å². The van der Waals surface area contributed by atoms with Gasteiger partial charge in [-0.25, -0.2) is 0 Å². The highest BCUT2D eigenvalue weighted by Crippen LogP contribution is 2.02. The Hall–Kier alpha value is -1.17. The Balaban J connectivity index is 2.58. The molecule has 4 nitrogen and oxygen atoms in total. The summed E-state index contributed by atoms with van der Waals surface area (Å²) in [5.41, 5.74) is 6.67. The van der Waals surface area contributed by atoms with Gasteiger partial charge in [0.05, 0.1) is 5.41 Å². The van der Waals surface area contributed by atoms with Crippen LogP contribution in [0.2, 0.25) is 0 Å². The average Bonchev–Trinajstić information content (AvgIpc) is 2.15. The van der Waals surface area contributed by atoms with Crippen molar-refractivity contribution in [1.82, 2.24) is 0 Å². The van der Waals surface area contributed by atoms with Crippen molar-refractivity contribution in [2.75, 3.05) is 0 Å². The molecule has 1 rings (SSSR count). The van der Waals surface area contributed by atoms with E-state index in [1.165, 1.54) is 6.08 Å². The zero-order valence-electron chi connectivity index (χ0n) is 8.08. The lowest BCUT2D eigenvalue weighted by molar-refractivity contribution is 0.494. The largest absolute Gasteiger partial charge is 0.324 e. The topological polar surface area (TPSA) is 80.4 Å². The van der Waals surface area contributed by atoms with Gasteiger partial charge in [-0.05, 0) is 12.0 Å². The predicted octanol–water partition coefficient (Wildman–Crippen LogP) is 0.958. The van der Waals surface area contributed by atoms with E-state index in [4.69, 9.17) is 10.3 Å². The van der Waals surface area contributed by atoms with Crippen molar-refractivity contribution < 1.29 is 13.0 Å². The van der Waals surface area contributed by atoms with E-state index in [-0.39, 0.29) is 0 Å².